The molecule has 0 saturated heterocycles. The lowest BCUT2D eigenvalue weighted by Gasteiger charge is -2.16. The van der Waals surface area contributed by atoms with E-state index in [0.29, 0.717) is 4.73 Å². The second-order valence-corrected chi connectivity index (χ2v) is 4.63. The molecule has 0 spiro atoms. The number of carbonyl (C=O) groups is 2. The Bertz CT molecular complexity index is 452. The first kappa shape index (κ1) is 14.7. The van der Waals surface area contributed by atoms with Gasteiger partial charge in [-0.05, 0) is 20.8 Å². The van der Waals surface area contributed by atoms with Crippen LogP contribution < -0.4 is 4.84 Å². The molecule has 0 radical (unpaired) electrons. The fourth-order valence-corrected chi connectivity index (χ4v) is 0.944. The Balaban J connectivity index is 2.39. The number of esters is 1. The molecule has 0 aliphatic rings. The second-order valence-electron chi connectivity index (χ2n) is 4.63. The minimum atomic E-state index is -1.25. The van der Waals surface area contributed by atoms with Crippen molar-refractivity contribution in [2.45, 2.75) is 20.8 Å². The predicted molar refractivity (Wildman–Crippen MR) is 61.2 cm³/mol. The van der Waals surface area contributed by atoms with Gasteiger partial charge in [0.2, 0.25) is 18.6 Å². The maximum Gasteiger partial charge on any atom is 0.536 e. The van der Waals surface area contributed by atoms with Gasteiger partial charge in [-0.25, -0.2) is 4.79 Å². The topological polar surface area (TPSA) is 107 Å². The highest BCUT2D eigenvalue weighted by Gasteiger charge is 2.23. The first-order chi connectivity index (χ1) is 8.71. The molecule has 2 N–H and O–H groups in total. The van der Waals surface area contributed by atoms with E-state index in [2.05, 4.69) is 14.3 Å². The molecule has 8 heteroatoms. The normalized spacial score (nSPS) is 10.9. The van der Waals surface area contributed by atoms with E-state index in [1.165, 1.54) is 0 Å². The summed E-state index contributed by atoms with van der Waals surface area (Å²) in [6.45, 7) is 4.30. The molecule has 0 aliphatic heterocycles. The highest BCUT2D eigenvalue weighted by Crippen LogP contribution is 2.19. The van der Waals surface area contributed by atoms with Gasteiger partial charge in [-0.2, -0.15) is 0 Å². The van der Waals surface area contributed by atoms with Gasteiger partial charge >= 0.3 is 12.1 Å². The molecule has 8 nitrogen and oxygen atoms in total. The van der Waals surface area contributed by atoms with Crippen LogP contribution in [0.3, 0.4) is 0 Å². The van der Waals surface area contributed by atoms with E-state index in [4.69, 9.17) is 0 Å². The van der Waals surface area contributed by atoms with E-state index in [1.807, 2.05) is 0 Å². The van der Waals surface area contributed by atoms with Crippen molar-refractivity contribution in [2.75, 3.05) is 6.79 Å². The van der Waals surface area contributed by atoms with Gasteiger partial charge in [0.1, 0.15) is 0 Å². The Morgan fingerprint density at radius 2 is 1.68 bits per heavy atom. The van der Waals surface area contributed by atoms with Gasteiger partial charge < -0.3 is 19.7 Å². The quantitative estimate of drug-likeness (QED) is 0.625. The zero-order valence-electron chi connectivity index (χ0n) is 10.7. The lowest BCUT2D eigenvalue weighted by Crippen LogP contribution is -2.26. The van der Waals surface area contributed by atoms with E-state index >= 15 is 0 Å². The lowest BCUT2D eigenvalue weighted by atomic mass is 9.98. The lowest BCUT2D eigenvalue weighted by molar-refractivity contribution is -0.162. The van der Waals surface area contributed by atoms with Gasteiger partial charge in [0.25, 0.3) is 0 Å². The molecule has 0 aromatic carbocycles. The molecule has 0 aliphatic carbocycles. The van der Waals surface area contributed by atoms with Crippen LogP contribution in [-0.2, 0) is 14.3 Å². The van der Waals surface area contributed by atoms with Crippen LogP contribution in [0.5, 0.6) is 11.8 Å². The molecule has 1 rings (SSSR count). The van der Waals surface area contributed by atoms with Crippen LogP contribution >= 0.6 is 0 Å². The van der Waals surface area contributed by atoms with E-state index in [0.717, 1.165) is 12.1 Å². The standard InChI is InChI=1S/C11H15NO7/c1-11(2,3)9(15)17-6-18-10(16)19-12-7(13)4-5-8(12)14/h4-5,13-14H,6H2,1-3H3. The van der Waals surface area contributed by atoms with E-state index in [9.17, 15) is 19.8 Å². The molecule has 0 fully saturated rings. The summed E-state index contributed by atoms with van der Waals surface area (Å²) in [6.07, 6.45) is -1.25. The van der Waals surface area contributed by atoms with Gasteiger partial charge in [-0.1, -0.05) is 0 Å². The minimum absolute atomic E-state index is 0.452. The largest absolute Gasteiger partial charge is 0.536 e. The third-order valence-corrected chi connectivity index (χ3v) is 1.94. The zero-order chi connectivity index (χ0) is 14.6. The monoisotopic (exact) mass is 273 g/mol. The van der Waals surface area contributed by atoms with Gasteiger partial charge in [-0.3, -0.25) is 9.63 Å². The fourth-order valence-electron chi connectivity index (χ4n) is 0.944. The van der Waals surface area contributed by atoms with Crippen LogP contribution in [0.15, 0.2) is 12.1 Å². The number of carbonyl (C=O) groups excluding carboxylic acids is 2. The molecule has 0 saturated carbocycles. The number of rotatable bonds is 3. The molecule has 1 aromatic rings. The Kier molecular flexibility index (Phi) is 4.26. The third-order valence-electron chi connectivity index (χ3n) is 1.94. The van der Waals surface area contributed by atoms with E-state index in [1.54, 1.807) is 20.8 Å². The molecular weight excluding hydrogens is 258 g/mol. The first-order valence-corrected chi connectivity index (χ1v) is 5.34. The number of ether oxygens (including phenoxy) is 2. The molecule has 1 heterocycles. The van der Waals surface area contributed by atoms with Crippen molar-refractivity contribution < 1.29 is 34.1 Å². The Morgan fingerprint density at radius 3 is 2.16 bits per heavy atom. The highest BCUT2D eigenvalue weighted by molar-refractivity contribution is 5.75. The summed E-state index contributed by atoms with van der Waals surface area (Å²) < 4.78 is 9.56. The van der Waals surface area contributed by atoms with E-state index < -0.39 is 36.1 Å². The SMILES string of the molecule is CC(C)(C)C(=O)OCOC(=O)On1c(O)ccc1O. The Hall–Kier alpha value is -2.38. The fraction of sp³-hybridized carbons (Fsp3) is 0.455. The zero-order valence-corrected chi connectivity index (χ0v) is 10.7. The summed E-state index contributed by atoms with van der Waals surface area (Å²) >= 11 is 0. The van der Waals surface area contributed by atoms with E-state index in [-0.39, 0.29) is 0 Å². The van der Waals surface area contributed by atoms with Crippen LogP contribution in [0.2, 0.25) is 0 Å². The van der Waals surface area contributed by atoms with Gasteiger partial charge in [0.15, 0.2) is 0 Å². The van der Waals surface area contributed by atoms with Crippen molar-refractivity contribution in [3.8, 4) is 11.8 Å². The van der Waals surface area contributed by atoms with Crippen LogP contribution in [-0.4, -0.2) is 33.9 Å². The van der Waals surface area contributed by atoms with Crippen molar-refractivity contribution in [1.82, 2.24) is 4.73 Å². The molecule has 19 heavy (non-hydrogen) atoms. The predicted octanol–water partition coefficient (Wildman–Crippen LogP) is 1.01. The van der Waals surface area contributed by atoms with Crippen molar-refractivity contribution >= 4 is 12.1 Å². The van der Waals surface area contributed by atoms with Gasteiger partial charge in [-0.15, -0.1) is 4.73 Å². The molecule has 0 bridgehead atoms. The average molecular weight is 273 g/mol. The Morgan fingerprint density at radius 1 is 1.16 bits per heavy atom. The average Bonchev–Trinajstić information content (AvgIpc) is 2.59. The summed E-state index contributed by atoms with van der Waals surface area (Å²) in [7, 11) is 0. The summed E-state index contributed by atoms with van der Waals surface area (Å²) in [5.74, 6) is -1.52. The molecule has 106 valence electrons. The molecule has 0 atom stereocenters. The first-order valence-electron chi connectivity index (χ1n) is 5.34. The second kappa shape index (κ2) is 5.51. The van der Waals surface area contributed by atoms with Crippen LogP contribution in [0.25, 0.3) is 0 Å². The minimum Gasteiger partial charge on any atom is -0.492 e. The third kappa shape index (κ3) is 4.09. The number of nitrogens with zero attached hydrogens (tertiary/aromatic N) is 1. The summed E-state index contributed by atoms with van der Waals surface area (Å²) in [5.41, 5.74) is -0.718. The molecular formula is C11H15NO7. The summed E-state index contributed by atoms with van der Waals surface area (Å²) in [4.78, 5) is 26.9. The van der Waals surface area contributed by atoms with Crippen LogP contribution in [0.4, 0.5) is 4.79 Å². The number of hydrogen-bond acceptors (Lipinski definition) is 7. The van der Waals surface area contributed by atoms with Crippen molar-refractivity contribution in [3.63, 3.8) is 0 Å². The maximum atomic E-state index is 11.3. The van der Waals surface area contributed by atoms with Crippen molar-refractivity contribution in [1.29, 1.82) is 0 Å². The maximum absolute atomic E-state index is 11.3. The van der Waals surface area contributed by atoms with Crippen molar-refractivity contribution in [3.05, 3.63) is 12.1 Å². The highest BCUT2D eigenvalue weighted by atomic mass is 16.8. The van der Waals surface area contributed by atoms with Crippen LogP contribution in [0, 0.1) is 5.41 Å². The smallest absolute Gasteiger partial charge is 0.492 e. The molecule has 0 amide bonds. The summed E-state index contributed by atoms with van der Waals surface area (Å²) in [5, 5.41) is 18.4. The number of aromatic hydroxyl groups is 2. The van der Waals surface area contributed by atoms with Gasteiger partial charge in [0, 0.05) is 12.1 Å². The Labute approximate surface area is 109 Å². The summed E-state index contributed by atoms with van der Waals surface area (Å²) in [6, 6.07) is 2.23. The number of hydrogen-bond donors (Lipinski definition) is 2. The van der Waals surface area contributed by atoms with Crippen LogP contribution in [0.1, 0.15) is 20.8 Å². The molecule has 0 unspecified atom stereocenters. The molecule has 1 aromatic heterocycles. The van der Waals surface area contributed by atoms with Gasteiger partial charge in [0.05, 0.1) is 5.41 Å². The number of aromatic nitrogens is 1. The van der Waals surface area contributed by atoms with Crippen molar-refractivity contribution in [2.24, 2.45) is 5.41 Å².